The molecule has 0 aliphatic carbocycles. The minimum atomic E-state index is -3.58. The van der Waals surface area contributed by atoms with Gasteiger partial charge in [-0.05, 0) is 31.2 Å². The van der Waals surface area contributed by atoms with Crippen LogP contribution in [0, 0.1) is 6.92 Å². The molecule has 0 aliphatic rings. The molecule has 0 aromatic carbocycles. The van der Waals surface area contributed by atoms with Crippen LogP contribution in [-0.2, 0) is 23.1 Å². The van der Waals surface area contributed by atoms with Crippen LogP contribution in [0.15, 0.2) is 35.7 Å². The first kappa shape index (κ1) is 15.6. The number of aryl methyl sites for hydroxylation is 1. The second-order valence-corrected chi connectivity index (χ2v) is 6.43. The van der Waals surface area contributed by atoms with Gasteiger partial charge in [-0.1, -0.05) is 6.07 Å². The predicted molar refractivity (Wildman–Crippen MR) is 79.2 cm³/mol. The highest BCUT2D eigenvalue weighted by atomic mass is 32.2. The lowest BCUT2D eigenvalue weighted by Gasteiger charge is -2.07. The first-order chi connectivity index (χ1) is 10.0. The molecular weight excluding hydrogens is 290 g/mol. The number of hydrogen-bond acceptors (Lipinski definition) is 5. The number of rotatable bonds is 7. The molecule has 0 amide bonds. The second-order valence-electron chi connectivity index (χ2n) is 4.71. The number of aromatic nitrogens is 3. The predicted octanol–water partition coefficient (Wildman–Crippen LogP) is 0.284. The molecule has 0 aliphatic heterocycles. The van der Waals surface area contributed by atoms with Crippen molar-refractivity contribution in [1.82, 2.24) is 24.8 Å². The lowest BCUT2D eigenvalue weighted by Crippen LogP contribution is -2.28. The first-order valence-corrected chi connectivity index (χ1v) is 8.08. The summed E-state index contributed by atoms with van der Waals surface area (Å²) in [4.78, 5) is 3.99. The van der Waals surface area contributed by atoms with Gasteiger partial charge in [-0.15, -0.1) is 0 Å². The van der Waals surface area contributed by atoms with E-state index in [1.54, 1.807) is 23.1 Å². The molecule has 2 rings (SSSR count). The average Bonchev–Trinajstić information content (AvgIpc) is 2.85. The Kier molecular flexibility index (Phi) is 5.05. The minimum absolute atomic E-state index is 0.0269. The molecule has 0 atom stereocenters. The van der Waals surface area contributed by atoms with Gasteiger partial charge in [0.15, 0.2) is 5.03 Å². The van der Waals surface area contributed by atoms with Gasteiger partial charge in [0.1, 0.15) is 0 Å². The second kappa shape index (κ2) is 6.79. The van der Waals surface area contributed by atoms with E-state index >= 15 is 0 Å². The molecule has 8 heteroatoms. The quantitative estimate of drug-likeness (QED) is 0.767. The van der Waals surface area contributed by atoms with Crippen LogP contribution >= 0.6 is 0 Å². The van der Waals surface area contributed by atoms with Crippen LogP contribution < -0.4 is 10.0 Å². The third-order valence-corrected chi connectivity index (χ3v) is 4.23. The third-order valence-electron chi connectivity index (χ3n) is 2.85. The number of sulfonamides is 1. The summed E-state index contributed by atoms with van der Waals surface area (Å²) in [5.41, 5.74) is 1.98. The molecule has 0 saturated carbocycles. The summed E-state index contributed by atoms with van der Waals surface area (Å²) in [6, 6.07) is 3.25. The van der Waals surface area contributed by atoms with E-state index in [-0.39, 0.29) is 11.6 Å². The fourth-order valence-electron chi connectivity index (χ4n) is 1.84. The van der Waals surface area contributed by atoms with E-state index in [0.29, 0.717) is 13.1 Å². The van der Waals surface area contributed by atoms with Gasteiger partial charge < -0.3 is 5.32 Å². The van der Waals surface area contributed by atoms with E-state index in [1.165, 1.54) is 6.07 Å². The molecule has 0 unspecified atom stereocenters. The molecule has 0 saturated heterocycles. The summed E-state index contributed by atoms with van der Waals surface area (Å²) in [6.45, 7) is 3.33. The van der Waals surface area contributed by atoms with Crippen LogP contribution in [0.5, 0.6) is 0 Å². The molecule has 2 aromatic rings. The van der Waals surface area contributed by atoms with Gasteiger partial charge in [0, 0.05) is 25.5 Å². The molecule has 2 N–H and O–H groups in total. The van der Waals surface area contributed by atoms with Gasteiger partial charge in [0.05, 0.1) is 12.7 Å². The molecule has 2 aromatic heterocycles. The molecule has 7 nitrogen and oxygen atoms in total. The molecule has 0 fully saturated rings. The lowest BCUT2D eigenvalue weighted by atomic mass is 10.3. The Labute approximate surface area is 124 Å². The summed E-state index contributed by atoms with van der Waals surface area (Å²) in [6.07, 6.45) is 5.15. The number of pyridine rings is 1. The van der Waals surface area contributed by atoms with Crippen molar-refractivity contribution in [2.45, 2.75) is 25.0 Å². The Morgan fingerprint density at radius 2 is 2.10 bits per heavy atom. The Morgan fingerprint density at radius 1 is 1.29 bits per heavy atom. The monoisotopic (exact) mass is 309 g/mol. The van der Waals surface area contributed by atoms with Gasteiger partial charge in [0.25, 0.3) is 10.0 Å². The van der Waals surface area contributed by atoms with Gasteiger partial charge >= 0.3 is 0 Å². The SMILES string of the molecule is CNCc1ccc(S(=O)(=O)NCCn2cc(C)cn2)nc1. The van der Waals surface area contributed by atoms with Crippen LogP contribution in [0.4, 0.5) is 0 Å². The number of nitrogens with one attached hydrogen (secondary N) is 2. The van der Waals surface area contributed by atoms with Crippen LogP contribution in [0.2, 0.25) is 0 Å². The van der Waals surface area contributed by atoms with E-state index < -0.39 is 10.0 Å². The van der Waals surface area contributed by atoms with Crippen molar-refractivity contribution < 1.29 is 8.42 Å². The van der Waals surface area contributed by atoms with E-state index in [2.05, 4.69) is 20.1 Å². The lowest BCUT2D eigenvalue weighted by molar-refractivity contribution is 0.557. The van der Waals surface area contributed by atoms with Gasteiger partial charge in [-0.25, -0.2) is 18.1 Å². The smallest absolute Gasteiger partial charge is 0.258 e. The summed E-state index contributed by atoms with van der Waals surface area (Å²) >= 11 is 0. The minimum Gasteiger partial charge on any atom is -0.316 e. The van der Waals surface area contributed by atoms with E-state index in [1.807, 2.05) is 20.2 Å². The maximum Gasteiger partial charge on any atom is 0.258 e. The Balaban J connectivity index is 1.94. The molecule has 2 heterocycles. The van der Waals surface area contributed by atoms with Crippen molar-refractivity contribution in [3.05, 3.63) is 41.9 Å². The largest absolute Gasteiger partial charge is 0.316 e. The number of hydrogen-bond donors (Lipinski definition) is 2. The molecular formula is C13H19N5O2S. The Morgan fingerprint density at radius 3 is 2.67 bits per heavy atom. The van der Waals surface area contributed by atoms with E-state index in [0.717, 1.165) is 11.1 Å². The summed E-state index contributed by atoms with van der Waals surface area (Å²) in [5.74, 6) is 0. The number of nitrogens with zero attached hydrogens (tertiary/aromatic N) is 3. The molecule has 21 heavy (non-hydrogen) atoms. The van der Waals surface area contributed by atoms with Crippen molar-refractivity contribution in [2.24, 2.45) is 0 Å². The highest BCUT2D eigenvalue weighted by Crippen LogP contribution is 2.06. The van der Waals surface area contributed by atoms with Crippen LogP contribution in [-0.4, -0.2) is 36.8 Å². The zero-order valence-corrected chi connectivity index (χ0v) is 12.9. The summed E-state index contributed by atoms with van der Waals surface area (Å²) in [7, 11) is -1.76. The van der Waals surface area contributed by atoms with Gasteiger partial charge in [0.2, 0.25) is 0 Å². The fraction of sp³-hybridized carbons (Fsp3) is 0.385. The molecule has 0 spiro atoms. The summed E-state index contributed by atoms with van der Waals surface area (Å²) in [5, 5.41) is 7.11. The average molecular weight is 309 g/mol. The van der Waals surface area contributed by atoms with Crippen LogP contribution in [0.3, 0.4) is 0 Å². The Bertz CT molecular complexity index is 679. The maximum absolute atomic E-state index is 12.1. The van der Waals surface area contributed by atoms with Gasteiger partial charge in [-0.3, -0.25) is 4.68 Å². The van der Waals surface area contributed by atoms with Crippen molar-refractivity contribution in [3.63, 3.8) is 0 Å². The highest BCUT2D eigenvalue weighted by Gasteiger charge is 2.14. The van der Waals surface area contributed by atoms with Crippen LogP contribution in [0.25, 0.3) is 0 Å². The topological polar surface area (TPSA) is 88.9 Å². The third kappa shape index (κ3) is 4.35. The highest BCUT2D eigenvalue weighted by molar-refractivity contribution is 7.89. The molecule has 0 radical (unpaired) electrons. The molecule has 0 bridgehead atoms. The molecule has 114 valence electrons. The van der Waals surface area contributed by atoms with Crippen molar-refractivity contribution in [2.75, 3.05) is 13.6 Å². The van der Waals surface area contributed by atoms with Crippen molar-refractivity contribution >= 4 is 10.0 Å². The van der Waals surface area contributed by atoms with Gasteiger partial charge in [-0.2, -0.15) is 5.10 Å². The maximum atomic E-state index is 12.1. The van der Waals surface area contributed by atoms with E-state index in [9.17, 15) is 8.42 Å². The normalized spacial score (nSPS) is 11.7. The zero-order chi connectivity index (χ0) is 15.3. The first-order valence-electron chi connectivity index (χ1n) is 6.59. The van der Waals surface area contributed by atoms with Crippen molar-refractivity contribution in [3.8, 4) is 0 Å². The zero-order valence-electron chi connectivity index (χ0n) is 12.1. The Hall–Kier alpha value is -1.77. The van der Waals surface area contributed by atoms with Crippen LogP contribution in [0.1, 0.15) is 11.1 Å². The summed E-state index contributed by atoms with van der Waals surface area (Å²) < 4.78 is 28.4. The standard InChI is InChI=1S/C13H19N5O2S/c1-11-7-16-18(10-11)6-5-17-21(19,20)13-4-3-12(8-14-2)9-15-13/h3-4,7,9-10,14,17H,5-6,8H2,1-2H3. The fourth-order valence-corrected chi connectivity index (χ4v) is 2.78. The van der Waals surface area contributed by atoms with E-state index in [4.69, 9.17) is 0 Å². The van der Waals surface area contributed by atoms with Crippen molar-refractivity contribution in [1.29, 1.82) is 0 Å².